The topological polar surface area (TPSA) is 104 Å². The minimum Gasteiger partial charge on any atom is -0.479 e. The molecule has 0 fully saturated rings. The molecule has 0 bridgehead atoms. The number of carboxylic acids is 1. The van der Waals surface area contributed by atoms with E-state index in [1.807, 2.05) is 0 Å². The summed E-state index contributed by atoms with van der Waals surface area (Å²) in [5.74, 6) is -4.31. The molecule has 19 heavy (non-hydrogen) atoms. The number of nitrogens with one attached hydrogen (secondary N) is 1. The number of sulfonamides is 1. The van der Waals surface area contributed by atoms with Gasteiger partial charge in [-0.1, -0.05) is 6.07 Å². The van der Waals surface area contributed by atoms with Gasteiger partial charge in [-0.05, 0) is 19.1 Å². The fourth-order valence-corrected chi connectivity index (χ4v) is 2.39. The number of benzene rings is 1. The van der Waals surface area contributed by atoms with Gasteiger partial charge in [-0.15, -0.1) is 0 Å². The van der Waals surface area contributed by atoms with E-state index < -0.39 is 44.7 Å². The van der Waals surface area contributed by atoms with Gasteiger partial charge >= 0.3 is 5.97 Å². The predicted molar refractivity (Wildman–Crippen MR) is 59.8 cm³/mol. The van der Waals surface area contributed by atoms with Crippen LogP contribution in [0.5, 0.6) is 0 Å². The predicted octanol–water partition coefficient (Wildman–Crippen LogP) is 0.0787. The highest BCUT2D eigenvalue weighted by atomic mass is 32.2. The Morgan fingerprint density at radius 2 is 1.84 bits per heavy atom. The standard InChI is InChI=1S/C10H11F2NO5S/c1-10(16,9(14)15)5-13-19(17,18)8-6(11)3-2-4-7(8)12/h2-4,13,16H,5H2,1H3,(H,14,15). The monoisotopic (exact) mass is 295 g/mol. The van der Waals surface area contributed by atoms with Crippen molar-refractivity contribution in [3.63, 3.8) is 0 Å². The third-order valence-corrected chi connectivity index (χ3v) is 3.71. The van der Waals surface area contributed by atoms with Crippen LogP contribution in [0.4, 0.5) is 8.78 Å². The lowest BCUT2D eigenvalue weighted by Crippen LogP contribution is -2.46. The lowest BCUT2D eigenvalue weighted by Gasteiger charge is -2.18. The van der Waals surface area contributed by atoms with E-state index in [0.717, 1.165) is 25.1 Å². The number of hydrogen-bond donors (Lipinski definition) is 3. The SMILES string of the molecule is CC(O)(CNS(=O)(=O)c1c(F)cccc1F)C(=O)O. The fourth-order valence-electron chi connectivity index (χ4n) is 1.12. The van der Waals surface area contributed by atoms with Gasteiger partial charge in [-0.2, -0.15) is 0 Å². The highest BCUT2D eigenvalue weighted by molar-refractivity contribution is 7.89. The van der Waals surface area contributed by atoms with Gasteiger partial charge in [0.25, 0.3) is 0 Å². The van der Waals surface area contributed by atoms with Crippen LogP contribution in [0.1, 0.15) is 6.92 Å². The van der Waals surface area contributed by atoms with E-state index in [1.165, 1.54) is 0 Å². The number of aliphatic hydroxyl groups is 1. The normalized spacial score (nSPS) is 14.9. The minimum absolute atomic E-state index is 0.743. The summed E-state index contributed by atoms with van der Waals surface area (Å²) in [6.07, 6.45) is 0. The zero-order valence-electron chi connectivity index (χ0n) is 9.72. The van der Waals surface area contributed by atoms with Crippen LogP contribution < -0.4 is 4.72 Å². The van der Waals surface area contributed by atoms with Crippen LogP contribution in [0, 0.1) is 11.6 Å². The van der Waals surface area contributed by atoms with Crippen molar-refractivity contribution in [1.82, 2.24) is 4.72 Å². The molecule has 106 valence electrons. The molecule has 0 amide bonds. The summed E-state index contributed by atoms with van der Waals surface area (Å²) in [6.45, 7) is -0.0893. The van der Waals surface area contributed by atoms with E-state index in [1.54, 1.807) is 4.72 Å². The zero-order chi connectivity index (χ0) is 14.8. The number of hydrogen-bond acceptors (Lipinski definition) is 4. The summed E-state index contributed by atoms with van der Waals surface area (Å²) in [6, 6.07) is 2.47. The quantitative estimate of drug-likeness (QED) is 0.713. The highest BCUT2D eigenvalue weighted by Gasteiger charge is 2.33. The molecule has 0 spiro atoms. The zero-order valence-corrected chi connectivity index (χ0v) is 10.5. The number of halogens is 2. The summed E-state index contributed by atoms with van der Waals surface area (Å²) >= 11 is 0. The van der Waals surface area contributed by atoms with Crippen LogP contribution in [0.2, 0.25) is 0 Å². The molecule has 9 heteroatoms. The van der Waals surface area contributed by atoms with E-state index in [9.17, 15) is 27.1 Å². The van der Waals surface area contributed by atoms with Crippen LogP contribution >= 0.6 is 0 Å². The molecule has 0 saturated carbocycles. The van der Waals surface area contributed by atoms with Gasteiger partial charge in [0.05, 0.1) is 6.54 Å². The molecular weight excluding hydrogens is 284 g/mol. The molecule has 0 aliphatic heterocycles. The lowest BCUT2D eigenvalue weighted by molar-refractivity contribution is -0.155. The summed E-state index contributed by atoms with van der Waals surface area (Å²) < 4.78 is 51.5. The largest absolute Gasteiger partial charge is 0.479 e. The number of carbonyl (C=O) groups is 1. The second-order valence-corrected chi connectivity index (χ2v) is 5.66. The van der Waals surface area contributed by atoms with Crippen molar-refractivity contribution in [2.24, 2.45) is 0 Å². The van der Waals surface area contributed by atoms with Gasteiger partial charge in [0.15, 0.2) is 10.5 Å². The first-order chi connectivity index (χ1) is 8.58. The van der Waals surface area contributed by atoms with Crippen molar-refractivity contribution in [2.75, 3.05) is 6.54 Å². The van der Waals surface area contributed by atoms with Crippen molar-refractivity contribution >= 4 is 16.0 Å². The Hall–Kier alpha value is -1.58. The van der Waals surface area contributed by atoms with Gasteiger partial charge in [-0.25, -0.2) is 26.7 Å². The van der Waals surface area contributed by atoms with E-state index in [4.69, 9.17) is 5.11 Å². The Kier molecular flexibility index (Phi) is 4.23. The van der Waals surface area contributed by atoms with Gasteiger partial charge in [0.1, 0.15) is 11.6 Å². The smallest absolute Gasteiger partial charge is 0.336 e. The average Bonchev–Trinajstić information content (AvgIpc) is 2.26. The van der Waals surface area contributed by atoms with Crippen molar-refractivity contribution in [3.05, 3.63) is 29.8 Å². The molecule has 0 radical (unpaired) electrons. The van der Waals surface area contributed by atoms with Crippen LogP contribution in [-0.4, -0.2) is 36.7 Å². The van der Waals surface area contributed by atoms with Crippen LogP contribution in [0.15, 0.2) is 23.1 Å². The highest BCUT2D eigenvalue weighted by Crippen LogP contribution is 2.18. The van der Waals surface area contributed by atoms with Gasteiger partial charge in [-0.3, -0.25) is 0 Å². The molecule has 0 aliphatic carbocycles. The molecule has 1 aromatic carbocycles. The maximum atomic E-state index is 13.3. The molecule has 1 unspecified atom stereocenters. The summed E-state index contributed by atoms with van der Waals surface area (Å²) in [5.41, 5.74) is -2.39. The maximum Gasteiger partial charge on any atom is 0.336 e. The molecule has 0 heterocycles. The Morgan fingerprint density at radius 1 is 1.37 bits per heavy atom. The summed E-state index contributed by atoms with van der Waals surface area (Å²) in [7, 11) is -4.61. The summed E-state index contributed by atoms with van der Waals surface area (Å²) in [5, 5.41) is 17.9. The Bertz CT molecular complexity index is 580. The third kappa shape index (κ3) is 3.46. The van der Waals surface area contributed by atoms with Crippen molar-refractivity contribution in [3.8, 4) is 0 Å². The molecular formula is C10H11F2NO5S. The third-order valence-electron chi connectivity index (χ3n) is 2.25. The second kappa shape index (κ2) is 5.19. The molecule has 1 aromatic rings. The summed E-state index contributed by atoms with van der Waals surface area (Å²) in [4.78, 5) is 9.35. The molecule has 1 atom stereocenters. The van der Waals surface area contributed by atoms with Crippen LogP contribution in [0.25, 0.3) is 0 Å². The first kappa shape index (κ1) is 15.5. The maximum absolute atomic E-state index is 13.3. The Labute approximate surface area is 107 Å². The van der Waals surface area contributed by atoms with E-state index in [-0.39, 0.29) is 0 Å². The number of rotatable bonds is 5. The molecule has 1 rings (SSSR count). The van der Waals surface area contributed by atoms with E-state index in [2.05, 4.69) is 0 Å². The Morgan fingerprint density at radius 3 is 2.26 bits per heavy atom. The van der Waals surface area contributed by atoms with Crippen molar-refractivity contribution < 1.29 is 32.2 Å². The second-order valence-electron chi connectivity index (χ2n) is 3.95. The molecule has 3 N–H and O–H groups in total. The van der Waals surface area contributed by atoms with Gasteiger partial charge in [0, 0.05) is 0 Å². The molecule has 0 aliphatic rings. The minimum atomic E-state index is -4.61. The van der Waals surface area contributed by atoms with Crippen LogP contribution in [0.3, 0.4) is 0 Å². The number of carboxylic acid groups (broad SMARTS) is 1. The van der Waals surface area contributed by atoms with E-state index >= 15 is 0 Å². The Balaban J connectivity index is 3.04. The first-order valence-corrected chi connectivity index (χ1v) is 6.46. The fraction of sp³-hybridized carbons (Fsp3) is 0.300. The lowest BCUT2D eigenvalue weighted by atomic mass is 10.1. The van der Waals surface area contributed by atoms with Gasteiger partial charge in [0.2, 0.25) is 10.0 Å². The average molecular weight is 295 g/mol. The number of aliphatic carboxylic acids is 1. The molecule has 0 saturated heterocycles. The van der Waals surface area contributed by atoms with E-state index in [0.29, 0.717) is 0 Å². The van der Waals surface area contributed by atoms with Crippen LogP contribution in [-0.2, 0) is 14.8 Å². The van der Waals surface area contributed by atoms with Gasteiger partial charge < -0.3 is 10.2 Å². The molecule has 0 aromatic heterocycles. The first-order valence-electron chi connectivity index (χ1n) is 4.97. The van der Waals surface area contributed by atoms with Crippen molar-refractivity contribution in [1.29, 1.82) is 0 Å². The molecule has 6 nitrogen and oxygen atoms in total. The van der Waals surface area contributed by atoms with Crippen molar-refractivity contribution in [2.45, 2.75) is 17.4 Å².